The van der Waals surface area contributed by atoms with Crippen molar-refractivity contribution in [3.8, 4) is 0 Å². The normalized spacial score (nSPS) is 31.3. The van der Waals surface area contributed by atoms with Crippen molar-refractivity contribution in [2.45, 2.75) is 58.8 Å². The summed E-state index contributed by atoms with van der Waals surface area (Å²) in [5.41, 5.74) is 1.29. The molecule has 2 fully saturated rings. The second-order valence-corrected chi connectivity index (χ2v) is 7.06. The molecule has 3 heteroatoms. The first-order chi connectivity index (χ1) is 10.7. The largest absolute Gasteiger partial charge is 0.355 e. The molecule has 0 N–H and O–H groups in total. The van der Waals surface area contributed by atoms with Crippen LogP contribution in [0, 0.1) is 11.8 Å². The van der Waals surface area contributed by atoms with Crippen molar-refractivity contribution < 1.29 is 4.74 Å². The van der Waals surface area contributed by atoms with Crippen molar-refractivity contribution in [1.82, 2.24) is 4.90 Å². The highest BCUT2D eigenvalue weighted by Gasteiger charge is 2.50. The first-order valence-corrected chi connectivity index (χ1v) is 8.86. The fourth-order valence-corrected chi connectivity index (χ4v) is 4.21. The Morgan fingerprint density at radius 3 is 2.41 bits per heavy atom. The average Bonchev–Trinajstić information content (AvgIpc) is 2.78. The van der Waals surface area contributed by atoms with Gasteiger partial charge in [-0.1, -0.05) is 58.7 Å². The number of benzene rings is 1. The minimum atomic E-state index is 0.210. The van der Waals surface area contributed by atoms with E-state index < -0.39 is 0 Å². The number of anilines is 1. The number of ether oxygens (including phenoxy) is 1. The van der Waals surface area contributed by atoms with Crippen LogP contribution in [0.2, 0.25) is 0 Å². The number of para-hydroxylation sites is 1. The summed E-state index contributed by atoms with van der Waals surface area (Å²) < 4.78 is 6.39. The fourth-order valence-electron chi connectivity index (χ4n) is 4.21. The molecule has 1 aromatic carbocycles. The molecule has 2 aliphatic rings. The Morgan fingerprint density at radius 1 is 1.14 bits per heavy atom. The fraction of sp³-hybridized carbons (Fsp3) is 0.684. The summed E-state index contributed by atoms with van der Waals surface area (Å²) in [6.45, 7) is 11.1. The lowest BCUT2D eigenvalue weighted by atomic mass is 9.89. The quantitative estimate of drug-likeness (QED) is 0.819. The predicted molar refractivity (Wildman–Crippen MR) is 91.9 cm³/mol. The van der Waals surface area contributed by atoms with Crippen LogP contribution in [0.3, 0.4) is 0 Å². The molecule has 122 valence electrons. The molecule has 22 heavy (non-hydrogen) atoms. The minimum absolute atomic E-state index is 0.210. The van der Waals surface area contributed by atoms with Gasteiger partial charge >= 0.3 is 0 Å². The molecule has 4 atom stereocenters. The summed E-state index contributed by atoms with van der Waals surface area (Å²) >= 11 is 0. The number of morpholine rings is 1. The van der Waals surface area contributed by atoms with Crippen molar-refractivity contribution in [2.24, 2.45) is 11.8 Å². The van der Waals surface area contributed by atoms with Gasteiger partial charge in [0.05, 0.1) is 19.3 Å². The Kier molecular flexibility index (Phi) is 4.74. The molecule has 0 spiro atoms. The van der Waals surface area contributed by atoms with Gasteiger partial charge in [0, 0.05) is 11.7 Å². The lowest BCUT2D eigenvalue weighted by Gasteiger charge is -2.43. The highest BCUT2D eigenvalue weighted by atomic mass is 16.5. The molecule has 0 saturated carbocycles. The molecule has 1 unspecified atom stereocenters. The molecule has 0 amide bonds. The number of rotatable bonds is 5. The molecule has 1 aromatic rings. The summed E-state index contributed by atoms with van der Waals surface area (Å²) in [7, 11) is 0. The maximum absolute atomic E-state index is 6.39. The first kappa shape index (κ1) is 15.8. The standard InChI is InChI=1S/C19H30N2O/c1-5-15(6-2)18-19-20(16-10-8-7-9-11-16)13-21(18)17(12-22-19)14(3)4/h7-11,14-15,17-19H,5-6,12-13H2,1-4H3/t17-,18+,19-/m1/s1. The Hall–Kier alpha value is -1.06. The van der Waals surface area contributed by atoms with E-state index in [1.54, 1.807) is 0 Å². The van der Waals surface area contributed by atoms with Crippen LogP contribution in [0.4, 0.5) is 5.69 Å². The molecule has 0 radical (unpaired) electrons. The van der Waals surface area contributed by atoms with Gasteiger partial charge in [0.2, 0.25) is 0 Å². The van der Waals surface area contributed by atoms with E-state index in [1.807, 2.05) is 0 Å². The van der Waals surface area contributed by atoms with Gasteiger partial charge < -0.3 is 9.64 Å². The SMILES string of the molecule is CCC(CC)[C@H]1[C@H]2OC[C@H](C(C)C)N1CN2c1ccccc1. The number of nitrogens with zero attached hydrogens (tertiary/aromatic N) is 2. The highest BCUT2D eigenvalue weighted by molar-refractivity contribution is 5.48. The van der Waals surface area contributed by atoms with Crippen molar-refractivity contribution in [3.63, 3.8) is 0 Å². The Bertz CT molecular complexity index is 472. The van der Waals surface area contributed by atoms with Gasteiger partial charge in [-0.2, -0.15) is 0 Å². The summed E-state index contributed by atoms with van der Waals surface area (Å²) in [6, 6.07) is 11.8. The van der Waals surface area contributed by atoms with Crippen molar-refractivity contribution in [1.29, 1.82) is 0 Å². The van der Waals surface area contributed by atoms with E-state index in [0.29, 0.717) is 23.9 Å². The van der Waals surface area contributed by atoms with E-state index in [9.17, 15) is 0 Å². The van der Waals surface area contributed by atoms with Crippen LogP contribution in [0.25, 0.3) is 0 Å². The Morgan fingerprint density at radius 2 is 1.82 bits per heavy atom. The smallest absolute Gasteiger partial charge is 0.147 e. The number of fused-ring (bicyclic) bond motifs is 2. The number of hydrogen-bond acceptors (Lipinski definition) is 3. The van der Waals surface area contributed by atoms with Gasteiger partial charge in [-0.05, 0) is 24.0 Å². The third-order valence-electron chi connectivity index (χ3n) is 5.55. The van der Waals surface area contributed by atoms with Crippen LogP contribution in [-0.2, 0) is 4.74 Å². The topological polar surface area (TPSA) is 15.7 Å². The van der Waals surface area contributed by atoms with Gasteiger partial charge in [0.15, 0.2) is 0 Å². The molecule has 3 rings (SSSR count). The third kappa shape index (κ3) is 2.65. The molecule has 3 nitrogen and oxygen atoms in total. The molecular formula is C19H30N2O. The predicted octanol–water partition coefficient (Wildman–Crippen LogP) is 3.95. The van der Waals surface area contributed by atoms with Crippen LogP contribution in [0.15, 0.2) is 30.3 Å². The Balaban J connectivity index is 1.92. The average molecular weight is 302 g/mol. The second kappa shape index (κ2) is 6.59. The first-order valence-electron chi connectivity index (χ1n) is 8.86. The van der Waals surface area contributed by atoms with Crippen molar-refractivity contribution in [2.75, 3.05) is 18.2 Å². The van der Waals surface area contributed by atoms with Gasteiger partial charge in [0.1, 0.15) is 6.23 Å². The van der Waals surface area contributed by atoms with Gasteiger partial charge in [-0.25, -0.2) is 0 Å². The van der Waals surface area contributed by atoms with Crippen LogP contribution in [0.1, 0.15) is 40.5 Å². The van der Waals surface area contributed by atoms with E-state index in [-0.39, 0.29) is 6.23 Å². The zero-order chi connectivity index (χ0) is 15.7. The second-order valence-electron chi connectivity index (χ2n) is 7.06. The van der Waals surface area contributed by atoms with Gasteiger partial charge in [0.25, 0.3) is 0 Å². The summed E-state index contributed by atoms with van der Waals surface area (Å²) in [4.78, 5) is 5.19. The number of hydrogen-bond donors (Lipinski definition) is 0. The molecule has 2 bridgehead atoms. The molecule has 0 aromatic heterocycles. The zero-order valence-corrected chi connectivity index (χ0v) is 14.4. The Labute approximate surface area is 135 Å². The van der Waals surface area contributed by atoms with Crippen LogP contribution in [0.5, 0.6) is 0 Å². The van der Waals surface area contributed by atoms with Gasteiger partial charge in [-0.15, -0.1) is 0 Å². The zero-order valence-electron chi connectivity index (χ0n) is 14.4. The minimum Gasteiger partial charge on any atom is -0.355 e. The lowest BCUT2D eigenvalue weighted by Crippen LogP contribution is -2.55. The van der Waals surface area contributed by atoms with E-state index >= 15 is 0 Å². The molecule has 2 aliphatic heterocycles. The highest BCUT2D eigenvalue weighted by Crippen LogP contribution is 2.39. The van der Waals surface area contributed by atoms with Crippen molar-refractivity contribution >= 4 is 5.69 Å². The van der Waals surface area contributed by atoms with Crippen LogP contribution < -0.4 is 4.90 Å². The van der Waals surface area contributed by atoms with E-state index in [1.165, 1.54) is 18.5 Å². The molecule has 2 saturated heterocycles. The summed E-state index contributed by atoms with van der Waals surface area (Å²) in [6.07, 6.45) is 2.66. The van der Waals surface area contributed by atoms with Crippen molar-refractivity contribution in [3.05, 3.63) is 30.3 Å². The lowest BCUT2D eigenvalue weighted by molar-refractivity contribution is -0.0871. The monoisotopic (exact) mass is 302 g/mol. The van der Waals surface area contributed by atoms with E-state index in [2.05, 4.69) is 67.8 Å². The molecular weight excluding hydrogens is 272 g/mol. The molecule has 0 aliphatic carbocycles. The molecule has 2 heterocycles. The van der Waals surface area contributed by atoms with Crippen LogP contribution >= 0.6 is 0 Å². The maximum Gasteiger partial charge on any atom is 0.147 e. The summed E-state index contributed by atoms with van der Waals surface area (Å²) in [5.74, 6) is 1.34. The summed E-state index contributed by atoms with van der Waals surface area (Å²) in [5, 5.41) is 0. The third-order valence-corrected chi connectivity index (χ3v) is 5.55. The van der Waals surface area contributed by atoms with E-state index in [0.717, 1.165) is 13.3 Å². The van der Waals surface area contributed by atoms with E-state index in [4.69, 9.17) is 4.74 Å². The maximum atomic E-state index is 6.39. The van der Waals surface area contributed by atoms with Crippen LogP contribution in [-0.4, -0.2) is 36.5 Å². The van der Waals surface area contributed by atoms with Gasteiger partial charge in [-0.3, -0.25) is 4.90 Å².